The van der Waals surface area contributed by atoms with Gasteiger partial charge in [0, 0.05) is 17.9 Å². The molecule has 0 spiro atoms. The highest BCUT2D eigenvalue weighted by Crippen LogP contribution is 2.43. The van der Waals surface area contributed by atoms with Crippen LogP contribution in [0.4, 0.5) is 0 Å². The molecule has 0 radical (unpaired) electrons. The number of nitrogens with zero attached hydrogens (tertiary/aromatic N) is 2. The van der Waals surface area contributed by atoms with Gasteiger partial charge in [0.25, 0.3) is 5.65 Å². The lowest BCUT2D eigenvalue weighted by Crippen LogP contribution is -2.35. The SMILES string of the molecule is CCC1(CC)CCc2cccc3c(C(C)(C)C)c[n+]4c(C(C)(C)C)c(C)n1c4c23. The Hall–Kier alpha value is -1.83. The number of imidazole rings is 1. The normalized spacial score (nSPS) is 16.7. The van der Waals surface area contributed by atoms with Crippen molar-refractivity contribution < 1.29 is 4.40 Å². The molecule has 3 heterocycles. The second-order valence-electron chi connectivity index (χ2n) is 11.3. The molecule has 0 N–H and O–H groups in total. The highest BCUT2D eigenvalue weighted by Gasteiger charge is 2.44. The van der Waals surface area contributed by atoms with Crippen molar-refractivity contribution in [1.29, 1.82) is 0 Å². The van der Waals surface area contributed by atoms with Crippen LogP contribution in [0.2, 0.25) is 0 Å². The first kappa shape index (κ1) is 20.4. The van der Waals surface area contributed by atoms with E-state index in [1.165, 1.54) is 58.2 Å². The smallest absolute Gasteiger partial charge is 0.221 e. The Kier molecular flexibility index (Phi) is 4.46. The average molecular weight is 392 g/mol. The summed E-state index contributed by atoms with van der Waals surface area (Å²) in [7, 11) is 0. The van der Waals surface area contributed by atoms with E-state index in [-0.39, 0.29) is 16.4 Å². The zero-order chi connectivity index (χ0) is 21.4. The van der Waals surface area contributed by atoms with Gasteiger partial charge < -0.3 is 0 Å². The maximum atomic E-state index is 2.75. The quantitative estimate of drug-likeness (QED) is 0.428. The van der Waals surface area contributed by atoms with Gasteiger partial charge in [-0.1, -0.05) is 73.6 Å². The predicted molar refractivity (Wildman–Crippen MR) is 124 cm³/mol. The van der Waals surface area contributed by atoms with Crippen LogP contribution in [0, 0.1) is 6.92 Å². The van der Waals surface area contributed by atoms with Gasteiger partial charge in [-0.05, 0) is 42.0 Å². The fourth-order valence-electron chi connectivity index (χ4n) is 5.99. The van der Waals surface area contributed by atoms with Gasteiger partial charge in [-0.15, -0.1) is 0 Å². The number of aryl methyl sites for hydroxylation is 1. The molecule has 156 valence electrons. The molecule has 1 aliphatic heterocycles. The van der Waals surface area contributed by atoms with Crippen LogP contribution in [0.3, 0.4) is 0 Å². The van der Waals surface area contributed by atoms with Gasteiger partial charge in [-0.3, -0.25) is 0 Å². The summed E-state index contributed by atoms with van der Waals surface area (Å²) in [5.41, 5.74) is 7.69. The molecule has 0 saturated carbocycles. The Morgan fingerprint density at radius 1 is 1.00 bits per heavy atom. The van der Waals surface area contributed by atoms with E-state index in [1.54, 1.807) is 0 Å². The fourth-order valence-corrected chi connectivity index (χ4v) is 5.99. The maximum Gasteiger partial charge on any atom is 0.295 e. The molecule has 1 aliphatic rings. The Balaban J connectivity index is 2.35. The molecule has 29 heavy (non-hydrogen) atoms. The van der Waals surface area contributed by atoms with Crippen LogP contribution >= 0.6 is 0 Å². The lowest BCUT2D eigenvalue weighted by Gasteiger charge is -2.29. The minimum absolute atomic E-state index is 0.0858. The first-order chi connectivity index (χ1) is 13.5. The van der Waals surface area contributed by atoms with Crippen LogP contribution in [0.15, 0.2) is 24.4 Å². The van der Waals surface area contributed by atoms with Crippen LogP contribution in [-0.2, 0) is 22.8 Å². The largest absolute Gasteiger partial charge is 0.295 e. The number of rotatable bonds is 2. The van der Waals surface area contributed by atoms with E-state index in [0.717, 1.165) is 6.42 Å². The van der Waals surface area contributed by atoms with Crippen LogP contribution < -0.4 is 4.40 Å². The van der Waals surface area contributed by atoms with Crippen molar-refractivity contribution in [2.45, 2.75) is 104 Å². The van der Waals surface area contributed by atoms with Gasteiger partial charge in [-0.25, -0.2) is 4.57 Å². The molecule has 0 fully saturated rings. The zero-order valence-electron chi connectivity index (χ0n) is 20.0. The first-order valence-corrected chi connectivity index (χ1v) is 11.5. The minimum atomic E-state index is 0.0858. The number of benzene rings is 1. The monoisotopic (exact) mass is 391 g/mol. The lowest BCUT2D eigenvalue weighted by molar-refractivity contribution is -0.525. The summed E-state index contributed by atoms with van der Waals surface area (Å²) in [5.74, 6) is 0. The highest BCUT2D eigenvalue weighted by atomic mass is 15.2. The van der Waals surface area contributed by atoms with E-state index in [0.29, 0.717) is 0 Å². The van der Waals surface area contributed by atoms with Crippen molar-refractivity contribution in [3.05, 3.63) is 46.9 Å². The van der Waals surface area contributed by atoms with Gasteiger partial charge in [0.1, 0.15) is 17.4 Å². The van der Waals surface area contributed by atoms with Crippen molar-refractivity contribution in [3.8, 4) is 0 Å². The summed E-state index contributed by atoms with van der Waals surface area (Å²) in [6.07, 6.45) is 7.19. The number of aromatic nitrogens is 2. The Bertz CT molecular complexity index is 1100. The Labute approximate surface area is 176 Å². The van der Waals surface area contributed by atoms with Gasteiger partial charge in [-0.2, -0.15) is 4.40 Å². The molecule has 2 heteroatoms. The maximum absolute atomic E-state index is 2.75. The topological polar surface area (TPSA) is 9.03 Å². The zero-order valence-corrected chi connectivity index (χ0v) is 20.0. The van der Waals surface area contributed by atoms with Crippen molar-refractivity contribution in [2.24, 2.45) is 0 Å². The van der Waals surface area contributed by atoms with Crippen molar-refractivity contribution >= 4 is 16.4 Å². The molecule has 2 nitrogen and oxygen atoms in total. The molecule has 0 amide bonds. The molecular weight excluding hydrogens is 352 g/mol. The summed E-state index contributed by atoms with van der Waals surface area (Å²) in [6.45, 7) is 21.3. The molecular formula is C27H39N2+. The van der Waals surface area contributed by atoms with Gasteiger partial charge in [0.05, 0.1) is 5.39 Å². The predicted octanol–water partition coefficient (Wildman–Crippen LogP) is 6.74. The molecule has 0 saturated heterocycles. The Morgan fingerprint density at radius 2 is 1.66 bits per heavy atom. The summed E-state index contributed by atoms with van der Waals surface area (Å²) < 4.78 is 5.33. The van der Waals surface area contributed by atoms with E-state index < -0.39 is 0 Å². The van der Waals surface area contributed by atoms with Gasteiger partial charge in [0.15, 0.2) is 5.69 Å². The van der Waals surface area contributed by atoms with E-state index in [4.69, 9.17) is 0 Å². The summed E-state index contributed by atoms with van der Waals surface area (Å²) in [4.78, 5) is 0. The molecule has 0 bridgehead atoms. The van der Waals surface area contributed by atoms with E-state index in [2.05, 4.69) is 95.7 Å². The second-order valence-corrected chi connectivity index (χ2v) is 11.3. The van der Waals surface area contributed by atoms with Gasteiger partial charge >= 0.3 is 0 Å². The first-order valence-electron chi connectivity index (χ1n) is 11.5. The summed E-state index contributed by atoms with van der Waals surface area (Å²) in [6, 6.07) is 7.01. The molecule has 2 aromatic heterocycles. The second kappa shape index (κ2) is 6.33. The van der Waals surface area contributed by atoms with Crippen LogP contribution in [0.5, 0.6) is 0 Å². The molecule has 0 aliphatic carbocycles. The highest BCUT2D eigenvalue weighted by molar-refractivity contribution is 5.98. The summed E-state index contributed by atoms with van der Waals surface area (Å²) in [5, 5.41) is 2.93. The fraction of sp³-hybridized carbons (Fsp3) is 0.593. The van der Waals surface area contributed by atoms with Crippen LogP contribution in [0.25, 0.3) is 16.4 Å². The molecule has 0 unspecified atom stereocenters. The van der Waals surface area contributed by atoms with Crippen molar-refractivity contribution in [1.82, 2.24) is 4.57 Å². The third-order valence-corrected chi connectivity index (χ3v) is 7.45. The van der Waals surface area contributed by atoms with Crippen LogP contribution in [0.1, 0.15) is 97.2 Å². The van der Waals surface area contributed by atoms with Gasteiger partial charge in [0.2, 0.25) is 0 Å². The lowest BCUT2D eigenvalue weighted by atomic mass is 9.83. The molecule has 3 aromatic rings. The van der Waals surface area contributed by atoms with Crippen molar-refractivity contribution in [2.75, 3.05) is 0 Å². The Morgan fingerprint density at radius 3 is 2.21 bits per heavy atom. The third-order valence-electron chi connectivity index (χ3n) is 7.45. The molecule has 1 aromatic carbocycles. The molecule has 4 rings (SSSR count). The number of hydrogen-bond acceptors (Lipinski definition) is 0. The van der Waals surface area contributed by atoms with E-state index >= 15 is 0 Å². The third kappa shape index (κ3) is 2.78. The van der Waals surface area contributed by atoms with E-state index in [1.807, 2.05) is 0 Å². The minimum Gasteiger partial charge on any atom is -0.221 e. The molecule has 0 atom stereocenters. The average Bonchev–Trinajstić information content (AvgIpc) is 2.85. The van der Waals surface area contributed by atoms with Crippen LogP contribution in [-0.4, -0.2) is 4.57 Å². The van der Waals surface area contributed by atoms with E-state index in [9.17, 15) is 0 Å². The number of hydrogen-bond donors (Lipinski definition) is 0. The van der Waals surface area contributed by atoms with Crippen molar-refractivity contribution in [3.63, 3.8) is 0 Å². The number of pyridine rings is 1. The standard InChI is InChI=1S/C27H39N2/c1-10-27(11-2)16-15-19-13-12-14-20-21(25(4,5)6)17-28-23(26(7,8)9)18(3)29(27)24(28)22(19)20/h12-14,17H,10-11,15-16H2,1-9H3/q+1. The summed E-state index contributed by atoms with van der Waals surface area (Å²) >= 11 is 0.